The quantitative estimate of drug-likeness (QED) is 0.318. The molecule has 0 spiro atoms. The van der Waals surface area contributed by atoms with Crippen LogP contribution in [0.25, 0.3) is 0 Å². The summed E-state index contributed by atoms with van der Waals surface area (Å²) >= 11 is 0. The molecule has 0 aromatic carbocycles. The molecule has 7 nitrogen and oxygen atoms in total. The monoisotopic (exact) mass is 588 g/mol. The summed E-state index contributed by atoms with van der Waals surface area (Å²) < 4.78 is 12.2. The molecule has 5 fully saturated rings. The summed E-state index contributed by atoms with van der Waals surface area (Å²) in [5, 5.41) is 41.0. The van der Waals surface area contributed by atoms with Gasteiger partial charge in [0.25, 0.3) is 0 Å². The van der Waals surface area contributed by atoms with Crippen LogP contribution in [0.2, 0.25) is 0 Å². The first kappa shape index (κ1) is 31.0. The zero-order valence-electron chi connectivity index (χ0n) is 26.9. The van der Waals surface area contributed by atoms with Gasteiger partial charge in [0.1, 0.15) is 18.3 Å². The van der Waals surface area contributed by atoms with E-state index in [0.717, 1.165) is 57.8 Å². The van der Waals surface area contributed by atoms with Gasteiger partial charge in [0.15, 0.2) is 6.29 Å². The third-order valence-corrected chi connectivity index (χ3v) is 14.8. The van der Waals surface area contributed by atoms with Gasteiger partial charge in [0.05, 0.1) is 18.1 Å². The number of hydrogen-bond donors (Lipinski definition) is 4. The van der Waals surface area contributed by atoms with Crippen molar-refractivity contribution in [1.82, 2.24) is 0 Å². The first-order valence-corrected chi connectivity index (χ1v) is 16.7. The van der Waals surface area contributed by atoms with Gasteiger partial charge in [-0.05, 0) is 109 Å². The summed E-state index contributed by atoms with van der Waals surface area (Å²) in [5.41, 5.74) is -0.409. The molecule has 0 radical (unpaired) electrons. The number of rotatable bonds is 4. The average molecular weight is 589 g/mol. The minimum absolute atomic E-state index is 0.0478. The fourth-order valence-electron chi connectivity index (χ4n) is 12.1. The maximum Gasteiger partial charge on any atom is 0.309 e. The first-order valence-electron chi connectivity index (χ1n) is 16.7. The molecule has 1 saturated heterocycles. The first-order chi connectivity index (χ1) is 19.5. The Balaban J connectivity index is 1.30. The standard InChI is InChI=1S/C35H56O7/c1-30(2)14-16-35(29(39)40)17-15-33(6)20(21(35)18-30)8-9-24-32(5)12-11-25(31(3,4)23(32)10-13-34(24,33)7)42-28-27(38)26(37)22(19-36)41-28/h8-9,20-28,36-38H,10-19H2,1-7H3,(H,39,40)/t20-,21+,22+,23+,24+,25+,26+,27-,28+,32-,33+,34+,35-/m0/s1. The summed E-state index contributed by atoms with van der Waals surface area (Å²) in [4.78, 5) is 12.9. The molecule has 13 atom stereocenters. The number of carbonyl (C=O) groups is 1. The third-order valence-electron chi connectivity index (χ3n) is 14.8. The van der Waals surface area contributed by atoms with Crippen LogP contribution in [0.4, 0.5) is 0 Å². The van der Waals surface area contributed by atoms with Crippen molar-refractivity contribution < 1.29 is 34.7 Å². The Bertz CT molecular complexity index is 1120. The summed E-state index contributed by atoms with van der Waals surface area (Å²) in [7, 11) is 0. The molecule has 0 unspecified atom stereocenters. The van der Waals surface area contributed by atoms with Gasteiger partial charge in [0.2, 0.25) is 0 Å². The van der Waals surface area contributed by atoms with Crippen LogP contribution in [0.1, 0.15) is 106 Å². The lowest BCUT2D eigenvalue weighted by molar-refractivity contribution is -0.261. The van der Waals surface area contributed by atoms with Crippen molar-refractivity contribution in [1.29, 1.82) is 0 Å². The second-order valence-corrected chi connectivity index (χ2v) is 17.4. The number of fused-ring (bicyclic) bond motifs is 7. The van der Waals surface area contributed by atoms with Gasteiger partial charge in [-0.3, -0.25) is 4.79 Å². The highest BCUT2D eigenvalue weighted by Crippen LogP contribution is 2.75. The predicted octanol–water partition coefficient (Wildman–Crippen LogP) is 5.55. The third kappa shape index (κ3) is 4.05. The molecule has 4 saturated carbocycles. The molecule has 7 heteroatoms. The molecule has 1 aliphatic heterocycles. The van der Waals surface area contributed by atoms with Gasteiger partial charge in [-0.2, -0.15) is 0 Å². The molecule has 0 aromatic rings. The number of carboxylic acid groups (broad SMARTS) is 1. The number of carboxylic acids is 1. The van der Waals surface area contributed by atoms with Crippen LogP contribution in [-0.2, 0) is 14.3 Å². The van der Waals surface area contributed by atoms with E-state index in [4.69, 9.17) is 9.47 Å². The number of hydrogen-bond acceptors (Lipinski definition) is 6. The molecule has 6 rings (SSSR count). The van der Waals surface area contributed by atoms with Crippen molar-refractivity contribution >= 4 is 5.97 Å². The Labute approximate surface area is 252 Å². The van der Waals surface area contributed by atoms with Crippen molar-refractivity contribution in [3.63, 3.8) is 0 Å². The lowest BCUT2D eigenvalue weighted by Crippen LogP contribution is -2.66. The maximum atomic E-state index is 12.9. The van der Waals surface area contributed by atoms with E-state index in [-0.39, 0.29) is 51.6 Å². The lowest BCUT2D eigenvalue weighted by Gasteiger charge is -2.71. The Hall–Kier alpha value is -0.990. The van der Waals surface area contributed by atoms with E-state index in [1.807, 2.05) is 0 Å². The molecular weight excluding hydrogens is 532 g/mol. The Morgan fingerprint density at radius 2 is 1.57 bits per heavy atom. The smallest absolute Gasteiger partial charge is 0.309 e. The molecule has 5 aliphatic carbocycles. The van der Waals surface area contributed by atoms with E-state index < -0.39 is 36.0 Å². The van der Waals surface area contributed by atoms with Crippen molar-refractivity contribution in [2.45, 2.75) is 137 Å². The van der Waals surface area contributed by atoms with E-state index in [2.05, 4.69) is 60.6 Å². The second kappa shape index (κ2) is 9.75. The molecular formula is C35H56O7. The Morgan fingerprint density at radius 3 is 2.21 bits per heavy atom. The van der Waals surface area contributed by atoms with Gasteiger partial charge >= 0.3 is 5.97 Å². The van der Waals surface area contributed by atoms with Gasteiger partial charge in [-0.1, -0.05) is 60.6 Å². The van der Waals surface area contributed by atoms with Gasteiger partial charge < -0.3 is 29.9 Å². The molecule has 238 valence electrons. The molecule has 0 aromatic heterocycles. The van der Waals surface area contributed by atoms with Gasteiger partial charge in [0, 0.05) is 0 Å². The molecule has 42 heavy (non-hydrogen) atoms. The summed E-state index contributed by atoms with van der Waals surface area (Å²) in [6, 6.07) is 0. The number of allylic oxidation sites excluding steroid dienone is 2. The molecule has 6 aliphatic rings. The van der Waals surface area contributed by atoms with E-state index in [0.29, 0.717) is 11.8 Å². The number of aliphatic hydroxyl groups excluding tert-OH is 3. The van der Waals surface area contributed by atoms with Crippen molar-refractivity contribution in [3.05, 3.63) is 12.2 Å². The van der Waals surface area contributed by atoms with Crippen LogP contribution in [0, 0.1) is 56.2 Å². The fourth-order valence-corrected chi connectivity index (χ4v) is 12.1. The van der Waals surface area contributed by atoms with Gasteiger partial charge in [-0.25, -0.2) is 0 Å². The van der Waals surface area contributed by atoms with Crippen LogP contribution in [-0.4, -0.2) is 63.7 Å². The van der Waals surface area contributed by atoms with Gasteiger partial charge in [-0.15, -0.1) is 0 Å². The zero-order valence-corrected chi connectivity index (χ0v) is 26.9. The van der Waals surface area contributed by atoms with Crippen LogP contribution >= 0.6 is 0 Å². The largest absolute Gasteiger partial charge is 0.481 e. The highest BCUT2D eigenvalue weighted by atomic mass is 16.7. The van der Waals surface area contributed by atoms with E-state index >= 15 is 0 Å². The van der Waals surface area contributed by atoms with E-state index in [1.54, 1.807) is 0 Å². The summed E-state index contributed by atoms with van der Waals surface area (Å²) in [5.74, 6) is 0.680. The number of aliphatic hydroxyl groups is 3. The normalized spacial score (nSPS) is 54.3. The Morgan fingerprint density at radius 1 is 0.881 bits per heavy atom. The molecule has 1 heterocycles. The van der Waals surface area contributed by atoms with Crippen LogP contribution in [0.5, 0.6) is 0 Å². The van der Waals surface area contributed by atoms with Crippen LogP contribution in [0.15, 0.2) is 12.2 Å². The zero-order chi connectivity index (χ0) is 30.7. The number of aliphatic carboxylic acids is 1. The lowest BCUT2D eigenvalue weighted by atomic mass is 9.33. The summed E-state index contributed by atoms with van der Waals surface area (Å²) in [6.45, 7) is 16.4. The topological polar surface area (TPSA) is 116 Å². The van der Waals surface area contributed by atoms with Crippen LogP contribution in [0.3, 0.4) is 0 Å². The molecule has 4 N–H and O–H groups in total. The Kier molecular flexibility index (Phi) is 7.20. The fraction of sp³-hybridized carbons (Fsp3) is 0.914. The highest BCUT2D eigenvalue weighted by molar-refractivity contribution is 5.75. The summed E-state index contributed by atoms with van der Waals surface area (Å²) in [6.07, 6.45) is 9.35. The molecule has 0 amide bonds. The minimum atomic E-state index is -1.17. The van der Waals surface area contributed by atoms with Crippen molar-refractivity contribution in [2.24, 2.45) is 56.2 Å². The van der Waals surface area contributed by atoms with E-state index in [1.165, 1.54) is 0 Å². The van der Waals surface area contributed by atoms with E-state index in [9.17, 15) is 25.2 Å². The van der Waals surface area contributed by atoms with Crippen LogP contribution < -0.4 is 0 Å². The number of ether oxygens (including phenoxy) is 2. The average Bonchev–Trinajstić information content (AvgIpc) is 3.18. The predicted molar refractivity (Wildman–Crippen MR) is 159 cm³/mol. The second-order valence-electron chi connectivity index (χ2n) is 17.4. The molecule has 0 bridgehead atoms. The SMILES string of the molecule is CC1(C)CC[C@]2(C(=O)O)CC[C@]3(C)[C@@H](C=C[C@@H]4[C@@]5(C)CC[C@@H](O[C@H]6O[C@H](CO)[C@@H](O)[C@@H]6O)C(C)(C)[C@H]5CC[C@]43C)[C@H]2C1. The maximum absolute atomic E-state index is 12.9. The van der Waals surface area contributed by atoms with Crippen molar-refractivity contribution in [3.8, 4) is 0 Å². The van der Waals surface area contributed by atoms with Crippen molar-refractivity contribution in [2.75, 3.05) is 6.61 Å². The minimum Gasteiger partial charge on any atom is -0.481 e. The highest BCUT2D eigenvalue weighted by Gasteiger charge is 2.70.